The highest BCUT2D eigenvalue weighted by atomic mass is 15.3. The van der Waals surface area contributed by atoms with E-state index in [1.807, 2.05) is 0 Å². The van der Waals surface area contributed by atoms with Gasteiger partial charge in [-0.3, -0.25) is 4.90 Å². The Bertz CT molecular complexity index is 205. The third kappa shape index (κ3) is 2.96. The number of likely N-dealkylation sites (N-methyl/N-ethyl adjacent to an activating group) is 2. The summed E-state index contributed by atoms with van der Waals surface area (Å²) in [4.78, 5) is 5.29. The number of nitrogens with zero attached hydrogens (tertiary/aromatic N) is 2. The van der Waals surface area contributed by atoms with Crippen LogP contribution in [0.3, 0.4) is 0 Å². The summed E-state index contributed by atoms with van der Waals surface area (Å²) < 4.78 is 0. The molecule has 2 fully saturated rings. The quantitative estimate of drug-likeness (QED) is 0.777. The summed E-state index contributed by atoms with van der Waals surface area (Å²) in [6.45, 7) is 5.06. The molecule has 0 spiro atoms. The van der Waals surface area contributed by atoms with Crippen molar-refractivity contribution in [2.24, 2.45) is 0 Å². The molecule has 0 aliphatic carbocycles. The summed E-state index contributed by atoms with van der Waals surface area (Å²) in [5.74, 6) is 0. The number of nitrogens with one attached hydrogen (secondary N) is 1. The van der Waals surface area contributed by atoms with Gasteiger partial charge in [-0.15, -0.1) is 0 Å². The fourth-order valence-electron chi connectivity index (χ4n) is 3.37. The van der Waals surface area contributed by atoms with E-state index in [9.17, 15) is 0 Å². The molecule has 3 nitrogen and oxygen atoms in total. The molecule has 0 aromatic heterocycles. The lowest BCUT2D eigenvalue weighted by Gasteiger charge is -2.44. The van der Waals surface area contributed by atoms with Crippen LogP contribution in [0.5, 0.6) is 0 Å². The third-order valence-electron chi connectivity index (χ3n) is 4.18. The summed E-state index contributed by atoms with van der Waals surface area (Å²) in [5, 5.41) is 3.36. The first-order valence-electron chi connectivity index (χ1n) is 6.90. The molecular formula is C13H27N3. The van der Waals surface area contributed by atoms with Gasteiger partial charge in [-0.05, 0) is 52.9 Å². The molecule has 2 aliphatic heterocycles. The molecule has 1 N–H and O–H groups in total. The largest absolute Gasteiger partial charge is 0.318 e. The van der Waals surface area contributed by atoms with Crippen molar-refractivity contribution < 1.29 is 0 Å². The van der Waals surface area contributed by atoms with Crippen molar-refractivity contribution >= 4 is 0 Å². The minimum Gasteiger partial charge on any atom is -0.318 e. The standard InChI is InChI=1S/C13H27N3/c1-14-10-12-6-3-4-9-16(12)13-7-5-8-15(2)11-13/h12-14H,3-11H2,1-2H3. The first-order chi connectivity index (χ1) is 7.81. The van der Waals surface area contributed by atoms with Gasteiger partial charge in [0.15, 0.2) is 0 Å². The fraction of sp³-hybridized carbons (Fsp3) is 1.00. The molecule has 0 radical (unpaired) electrons. The number of hydrogen-bond acceptors (Lipinski definition) is 3. The zero-order valence-electron chi connectivity index (χ0n) is 10.9. The van der Waals surface area contributed by atoms with Gasteiger partial charge in [0.2, 0.25) is 0 Å². The molecule has 2 heterocycles. The summed E-state index contributed by atoms with van der Waals surface area (Å²) in [7, 11) is 4.35. The van der Waals surface area contributed by atoms with Crippen LogP contribution in [0.4, 0.5) is 0 Å². The van der Waals surface area contributed by atoms with Gasteiger partial charge in [0.25, 0.3) is 0 Å². The Labute approximate surface area is 100 Å². The molecule has 2 saturated heterocycles. The number of piperidine rings is 2. The number of rotatable bonds is 3. The Morgan fingerprint density at radius 3 is 2.75 bits per heavy atom. The topological polar surface area (TPSA) is 18.5 Å². The SMILES string of the molecule is CNCC1CCCCN1C1CCCN(C)C1. The third-order valence-corrected chi connectivity index (χ3v) is 4.18. The van der Waals surface area contributed by atoms with Crippen LogP contribution in [0, 0.1) is 0 Å². The van der Waals surface area contributed by atoms with Crippen LogP contribution in [0.2, 0.25) is 0 Å². The van der Waals surface area contributed by atoms with Crippen molar-refractivity contribution in [2.75, 3.05) is 40.3 Å². The van der Waals surface area contributed by atoms with E-state index in [-0.39, 0.29) is 0 Å². The second kappa shape index (κ2) is 5.99. The van der Waals surface area contributed by atoms with Crippen molar-refractivity contribution in [3.05, 3.63) is 0 Å². The van der Waals surface area contributed by atoms with Gasteiger partial charge in [-0.25, -0.2) is 0 Å². The van der Waals surface area contributed by atoms with Gasteiger partial charge in [0.1, 0.15) is 0 Å². The monoisotopic (exact) mass is 225 g/mol. The Morgan fingerprint density at radius 2 is 2.00 bits per heavy atom. The van der Waals surface area contributed by atoms with E-state index in [0.29, 0.717) is 0 Å². The minimum absolute atomic E-state index is 0.787. The Hall–Kier alpha value is -0.120. The summed E-state index contributed by atoms with van der Waals surface area (Å²) in [6, 6.07) is 1.60. The van der Waals surface area contributed by atoms with Crippen molar-refractivity contribution in [1.29, 1.82) is 0 Å². The minimum atomic E-state index is 0.787. The Kier molecular flexibility index (Phi) is 4.62. The average molecular weight is 225 g/mol. The van der Waals surface area contributed by atoms with Crippen LogP contribution < -0.4 is 5.32 Å². The lowest BCUT2D eigenvalue weighted by molar-refractivity contribution is 0.0510. The van der Waals surface area contributed by atoms with Gasteiger partial charge in [-0.2, -0.15) is 0 Å². The fourth-order valence-corrected chi connectivity index (χ4v) is 3.37. The number of likely N-dealkylation sites (tertiary alicyclic amines) is 2. The van der Waals surface area contributed by atoms with Crippen molar-refractivity contribution in [3.63, 3.8) is 0 Å². The molecule has 0 bridgehead atoms. The van der Waals surface area contributed by atoms with Gasteiger partial charge in [0.05, 0.1) is 0 Å². The van der Waals surface area contributed by atoms with Crippen LogP contribution in [0.15, 0.2) is 0 Å². The normalized spacial score (nSPS) is 34.1. The van der Waals surface area contributed by atoms with Gasteiger partial charge >= 0.3 is 0 Å². The van der Waals surface area contributed by atoms with E-state index in [2.05, 4.69) is 29.2 Å². The van der Waals surface area contributed by atoms with Crippen LogP contribution in [0.1, 0.15) is 32.1 Å². The highest BCUT2D eigenvalue weighted by Gasteiger charge is 2.30. The van der Waals surface area contributed by atoms with Gasteiger partial charge in [0, 0.05) is 25.2 Å². The maximum absolute atomic E-state index is 3.36. The summed E-state index contributed by atoms with van der Waals surface area (Å²) in [6.07, 6.45) is 7.00. The maximum atomic E-state index is 3.36. The van der Waals surface area contributed by atoms with Crippen molar-refractivity contribution in [3.8, 4) is 0 Å². The maximum Gasteiger partial charge on any atom is 0.0227 e. The average Bonchev–Trinajstić information content (AvgIpc) is 2.30. The van der Waals surface area contributed by atoms with E-state index in [1.54, 1.807) is 0 Å². The van der Waals surface area contributed by atoms with E-state index in [4.69, 9.17) is 0 Å². The molecule has 0 saturated carbocycles. The molecule has 2 unspecified atom stereocenters. The smallest absolute Gasteiger partial charge is 0.0227 e. The molecule has 2 atom stereocenters. The van der Waals surface area contributed by atoms with Crippen molar-refractivity contribution in [2.45, 2.75) is 44.2 Å². The second-order valence-electron chi connectivity index (χ2n) is 5.50. The van der Waals surface area contributed by atoms with E-state index in [0.717, 1.165) is 12.1 Å². The van der Waals surface area contributed by atoms with E-state index >= 15 is 0 Å². The molecule has 2 aliphatic rings. The molecule has 94 valence electrons. The molecular weight excluding hydrogens is 198 g/mol. The van der Waals surface area contributed by atoms with Crippen LogP contribution in [-0.2, 0) is 0 Å². The zero-order valence-corrected chi connectivity index (χ0v) is 10.9. The predicted molar refractivity (Wildman–Crippen MR) is 68.8 cm³/mol. The lowest BCUT2D eigenvalue weighted by atomic mass is 9.96. The lowest BCUT2D eigenvalue weighted by Crippen LogP contribution is -2.54. The first-order valence-corrected chi connectivity index (χ1v) is 6.90. The van der Waals surface area contributed by atoms with Crippen LogP contribution >= 0.6 is 0 Å². The molecule has 0 amide bonds. The Morgan fingerprint density at radius 1 is 1.12 bits per heavy atom. The highest BCUT2D eigenvalue weighted by Crippen LogP contribution is 2.23. The Balaban J connectivity index is 1.93. The zero-order chi connectivity index (χ0) is 11.4. The van der Waals surface area contributed by atoms with E-state index in [1.165, 1.54) is 58.3 Å². The van der Waals surface area contributed by atoms with Crippen molar-refractivity contribution in [1.82, 2.24) is 15.1 Å². The highest BCUT2D eigenvalue weighted by molar-refractivity contribution is 4.87. The summed E-state index contributed by atoms with van der Waals surface area (Å²) >= 11 is 0. The van der Waals surface area contributed by atoms with Gasteiger partial charge < -0.3 is 10.2 Å². The predicted octanol–water partition coefficient (Wildman–Crippen LogP) is 1.15. The summed E-state index contributed by atoms with van der Waals surface area (Å²) in [5.41, 5.74) is 0. The van der Waals surface area contributed by atoms with Crippen LogP contribution in [-0.4, -0.2) is 62.2 Å². The molecule has 2 rings (SSSR count). The van der Waals surface area contributed by atoms with E-state index < -0.39 is 0 Å². The second-order valence-corrected chi connectivity index (χ2v) is 5.50. The molecule has 16 heavy (non-hydrogen) atoms. The van der Waals surface area contributed by atoms with Crippen LogP contribution in [0.25, 0.3) is 0 Å². The molecule has 0 aromatic rings. The van der Waals surface area contributed by atoms with Gasteiger partial charge in [-0.1, -0.05) is 6.42 Å². The molecule has 3 heteroatoms. The number of hydrogen-bond donors (Lipinski definition) is 1. The first kappa shape index (κ1) is 12.3. The molecule has 0 aromatic carbocycles.